The fraction of sp³-hybridized carbons (Fsp3) is 0.250. The van der Waals surface area contributed by atoms with Gasteiger partial charge < -0.3 is 9.84 Å². The molecule has 1 N–H and O–H groups in total. The lowest BCUT2D eigenvalue weighted by Gasteiger charge is -2.21. The minimum absolute atomic E-state index is 0.106. The van der Waals surface area contributed by atoms with Crippen LogP contribution in [-0.4, -0.2) is 27.5 Å². The molecule has 1 heterocycles. The number of halogens is 1. The number of aromatic hydroxyl groups is 1. The molecule has 0 radical (unpaired) electrons. The van der Waals surface area contributed by atoms with Crippen molar-refractivity contribution in [3.05, 3.63) is 57.3 Å². The first kappa shape index (κ1) is 18.7. The summed E-state index contributed by atoms with van der Waals surface area (Å²) in [5.41, 5.74) is 3.16. The zero-order valence-electron chi connectivity index (χ0n) is 14.3. The standard InChI is InChI=1S/C20H18BrNO3S/c1-2-3-9-25-20(24)17-18(23)16-14(19(21)22-17)10-13(11-15(16)26)12-7-5-4-6-8-12/h4-8,10,23H,2-3,9,11H2,1H3. The molecule has 0 amide bonds. The molecule has 0 fully saturated rings. The molecule has 134 valence electrons. The quantitative estimate of drug-likeness (QED) is 0.306. The number of nitrogens with zero attached hydrogens (tertiary/aromatic N) is 1. The maximum absolute atomic E-state index is 12.2. The maximum atomic E-state index is 12.2. The molecule has 0 bridgehead atoms. The molecule has 0 aliphatic heterocycles. The third kappa shape index (κ3) is 3.71. The minimum Gasteiger partial charge on any atom is -0.505 e. The van der Waals surface area contributed by atoms with Crippen molar-refractivity contribution < 1.29 is 14.6 Å². The van der Waals surface area contributed by atoms with Crippen molar-refractivity contribution in [2.75, 3.05) is 6.61 Å². The van der Waals surface area contributed by atoms with Gasteiger partial charge in [0.05, 0.1) is 6.61 Å². The summed E-state index contributed by atoms with van der Waals surface area (Å²) in [5.74, 6) is -0.849. The molecule has 1 aromatic carbocycles. The Morgan fingerprint density at radius 2 is 2.08 bits per heavy atom. The summed E-state index contributed by atoms with van der Waals surface area (Å²) in [7, 11) is 0. The highest BCUT2D eigenvalue weighted by molar-refractivity contribution is 9.10. The number of fused-ring (bicyclic) bond motifs is 1. The van der Waals surface area contributed by atoms with Crippen molar-refractivity contribution in [1.82, 2.24) is 4.98 Å². The molecule has 0 saturated carbocycles. The number of carbonyl (C=O) groups excluding carboxylic acids is 1. The lowest BCUT2D eigenvalue weighted by atomic mass is 9.88. The van der Waals surface area contributed by atoms with Crippen LogP contribution in [0, 0.1) is 0 Å². The molecular formula is C20H18BrNO3S. The zero-order valence-corrected chi connectivity index (χ0v) is 16.7. The Hall–Kier alpha value is -2.05. The van der Waals surface area contributed by atoms with Crippen molar-refractivity contribution >= 4 is 50.6 Å². The summed E-state index contributed by atoms with van der Waals surface area (Å²) in [6.45, 7) is 2.31. The minimum atomic E-state index is -0.639. The lowest BCUT2D eigenvalue weighted by molar-refractivity contribution is 0.0489. The van der Waals surface area contributed by atoms with E-state index < -0.39 is 5.97 Å². The number of hydrogen-bond acceptors (Lipinski definition) is 5. The fourth-order valence-corrected chi connectivity index (χ4v) is 3.67. The number of hydrogen-bond donors (Lipinski definition) is 1. The van der Waals surface area contributed by atoms with E-state index in [0.29, 0.717) is 33.6 Å². The summed E-state index contributed by atoms with van der Waals surface area (Å²) >= 11 is 8.95. The zero-order chi connectivity index (χ0) is 18.7. The van der Waals surface area contributed by atoms with Crippen LogP contribution in [0.15, 0.2) is 34.9 Å². The predicted molar refractivity (Wildman–Crippen MR) is 109 cm³/mol. The Balaban J connectivity index is 2.02. The van der Waals surface area contributed by atoms with Gasteiger partial charge >= 0.3 is 5.97 Å². The van der Waals surface area contributed by atoms with E-state index in [9.17, 15) is 9.90 Å². The number of aromatic nitrogens is 1. The second kappa shape index (κ2) is 8.10. The molecule has 1 aromatic heterocycles. The largest absolute Gasteiger partial charge is 0.505 e. The molecule has 26 heavy (non-hydrogen) atoms. The lowest BCUT2D eigenvalue weighted by Crippen LogP contribution is -2.15. The van der Waals surface area contributed by atoms with Gasteiger partial charge in [-0.3, -0.25) is 0 Å². The SMILES string of the molecule is CCCCOC(=O)c1nc(Br)c2c(c1O)C(=S)CC(c1ccccc1)=C2. The van der Waals surface area contributed by atoms with Crippen molar-refractivity contribution in [2.24, 2.45) is 0 Å². The van der Waals surface area contributed by atoms with E-state index in [0.717, 1.165) is 24.0 Å². The molecule has 0 spiro atoms. The predicted octanol–water partition coefficient (Wildman–Crippen LogP) is 5.17. The Labute approximate surface area is 166 Å². The smallest absolute Gasteiger partial charge is 0.360 e. The number of carbonyl (C=O) groups is 1. The molecule has 0 atom stereocenters. The summed E-state index contributed by atoms with van der Waals surface area (Å²) in [6, 6.07) is 9.92. The van der Waals surface area contributed by atoms with Crippen molar-refractivity contribution in [3.63, 3.8) is 0 Å². The van der Waals surface area contributed by atoms with E-state index >= 15 is 0 Å². The molecule has 0 unspecified atom stereocenters. The highest BCUT2D eigenvalue weighted by Gasteiger charge is 2.28. The fourth-order valence-electron chi connectivity index (χ4n) is 2.82. The molecule has 4 nitrogen and oxygen atoms in total. The number of unbranched alkanes of at least 4 members (excludes halogenated alkanes) is 1. The van der Waals surface area contributed by atoms with Crippen molar-refractivity contribution in [1.29, 1.82) is 0 Å². The van der Waals surface area contributed by atoms with Gasteiger partial charge in [0.25, 0.3) is 0 Å². The van der Waals surface area contributed by atoms with Gasteiger partial charge in [-0.05, 0) is 39.6 Å². The van der Waals surface area contributed by atoms with Crippen LogP contribution in [0.1, 0.15) is 53.4 Å². The number of pyridine rings is 1. The van der Waals surface area contributed by atoms with Crippen LogP contribution < -0.4 is 0 Å². The normalized spacial score (nSPS) is 13.2. The Kier molecular flexibility index (Phi) is 5.84. The summed E-state index contributed by atoms with van der Waals surface area (Å²) in [5, 5.41) is 10.6. The van der Waals surface area contributed by atoms with Gasteiger partial charge in [0.2, 0.25) is 0 Å². The maximum Gasteiger partial charge on any atom is 0.360 e. The van der Waals surface area contributed by atoms with Gasteiger partial charge in [-0.1, -0.05) is 55.9 Å². The topological polar surface area (TPSA) is 59.4 Å². The second-order valence-corrected chi connectivity index (χ2v) is 7.26. The molecule has 3 rings (SSSR count). The number of rotatable bonds is 5. The van der Waals surface area contributed by atoms with Crippen LogP contribution >= 0.6 is 28.1 Å². The first-order valence-electron chi connectivity index (χ1n) is 8.41. The monoisotopic (exact) mass is 431 g/mol. The first-order valence-corrected chi connectivity index (χ1v) is 9.61. The molecular weight excluding hydrogens is 414 g/mol. The molecule has 6 heteroatoms. The van der Waals surface area contributed by atoms with E-state index in [1.807, 2.05) is 43.3 Å². The van der Waals surface area contributed by atoms with Gasteiger partial charge in [-0.2, -0.15) is 0 Å². The summed E-state index contributed by atoms with van der Waals surface area (Å²) < 4.78 is 5.64. The van der Waals surface area contributed by atoms with Crippen LogP contribution in [-0.2, 0) is 4.74 Å². The molecule has 1 aliphatic rings. The number of allylic oxidation sites excluding steroid dienone is 1. The number of benzene rings is 1. The van der Waals surface area contributed by atoms with Gasteiger partial charge in [0.15, 0.2) is 11.4 Å². The Morgan fingerprint density at radius 3 is 2.77 bits per heavy atom. The molecule has 2 aromatic rings. The van der Waals surface area contributed by atoms with E-state index in [-0.39, 0.29) is 11.4 Å². The van der Waals surface area contributed by atoms with Crippen LogP contribution in [0.25, 0.3) is 11.6 Å². The van der Waals surface area contributed by atoms with Crippen LogP contribution in [0.2, 0.25) is 0 Å². The Bertz CT molecular complexity index is 894. The van der Waals surface area contributed by atoms with Gasteiger partial charge in [-0.25, -0.2) is 9.78 Å². The average Bonchev–Trinajstić information content (AvgIpc) is 2.65. The van der Waals surface area contributed by atoms with Crippen molar-refractivity contribution in [2.45, 2.75) is 26.2 Å². The number of thiocarbonyl (C=S) groups is 1. The van der Waals surface area contributed by atoms with E-state index in [1.165, 1.54) is 0 Å². The van der Waals surface area contributed by atoms with Crippen molar-refractivity contribution in [3.8, 4) is 5.75 Å². The highest BCUT2D eigenvalue weighted by Crippen LogP contribution is 2.39. The van der Waals surface area contributed by atoms with Gasteiger partial charge in [0.1, 0.15) is 4.60 Å². The first-order chi connectivity index (χ1) is 12.5. The van der Waals surface area contributed by atoms with Gasteiger partial charge in [0, 0.05) is 22.4 Å². The number of esters is 1. The van der Waals surface area contributed by atoms with Crippen LogP contribution in [0.4, 0.5) is 0 Å². The van der Waals surface area contributed by atoms with Crippen LogP contribution in [0.3, 0.4) is 0 Å². The summed E-state index contributed by atoms with van der Waals surface area (Å²) in [4.78, 5) is 17.0. The molecule has 1 aliphatic carbocycles. The van der Waals surface area contributed by atoms with E-state index in [4.69, 9.17) is 17.0 Å². The van der Waals surface area contributed by atoms with Gasteiger partial charge in [-0.15, -0.1) is 0 Å². The molecule has 0 saturated heterocycles. The third-order valence-electron chi connectivity index (χ3n) is 4.18. The highest BCUT2D eigenvalue weighted by atomic mass is 79.9. The Morgan fingerprint density at radius 1 is 1.35 bits per heavy atom. The number of ether oxygens (including phenoxy) is 1. The average molecular weight is 432 g/mol. The summed E-state index contributed by atoms with van der Waals surface area (Å²) in [6.07, 6.45) is 4.14. The second-order valence-electron chi connectivity index (χ2n) is 6.01. The van der Waals surface area contributed by atoms with E-state index in [2.05, 4.69) is 20.9 Å². The van der Waals surface area contributed by atoms with E-state index in [1.54, 1.807) is 0 Å². The third-order valence-corrected chi connectivity index (χ3v) is 5.13. The van der Waals surface area contributed by atoms with Crippen LogP contribution in [0.5, 0.6) is 5.75 Å².